The second kappa shape index (κ2) is 8.64. The van der Waals surface area contributed by atoms with Crippen LogP contribution in [0.5, 0.6) is 0 Å². The molecular weight excluding hydrogens is 274 g/mol. The molecule has 1 aromatic rings. The minimum atomic E-state index is -0.914. The summed E-state index contributed by atoms with van der Waals surface area (Å²) in [7, 11) is 0. The van der Waals surface area contributed by atoms with Crippen LogP contribution in [0.15, 0.2) is 24.3 Å². The Morgan fingerprint density at radius 3 is 2.65 bits per heavy atom. The zero-order valence-electron chi connectivity index (χ0n) is 11.9. The quantitative estimate of drug-likeness (QED) is 0.724. The van der Waals surface area contributed by atoms with Crippen molar-refractivity contribution in [1.82, 2.24) is 5.32 Å². The van der Waals surface area contributed by atoms with E-state index in [1.165, 1.54) is 0 Å². The number of carboxylic acid groups (broad SMARTS) is 1. The molecule has 0 spiro atoms. The summed E-state index contributed by atoms with van der Waals surface area (Å²) in [5, 5.41) is 11.8. The number of nitrogens with one attached hydrogen (secondary N) is 1. The summed E-state index contributed by atoms with van der Waals surface area (Å²) < 4.78 is 0. The number of carboxylic acids is 1. The second-order valence-electron chi connectivity index (χ2n) is 4.67. The zero-order chi connectivity index (χ0) is 15.0. The first-order valence-corrected chi connectivity index (χ1v) is 7.99. The van der Waals surface area contributed by atoms with E-state index in [1.54, 1.807) is 11.8 Å². The molecule has 0 saturated carbocycles. The second-order valence-corrected chi connectivity index (χ2v) is 5.66. The van der Waals surface area contributed by atoms with E-state index in [0.29, 0.717) is 6.42 Å². The fourth-order valence-corrected chi connectivity index (χ4v) is 2.47. The molecular formula is C15H21NO3S. The predicted octanol–water partition coefficient (Wildman–Crippen LogP) is 2.77. The van der Waals surface area contributed by atoms with E-state index in [9.17, 15) is 9.59 Å². The smallest absolute Gasteiger partial charge is 0.305 e. The summed E-state index contributed by atoms with van der Waals surface area (Å²) in [4.78, 5) is 22.9. The van der Waals surface area contributed by atoms with E-state index in [2.05, 4.69) is 5.32 Å². The van der Waals surface area contributed by atoms with Gasteiger partial charge in [0.15, 0.2) is 0 Å². The Kier molecular flexibility index (Phi) is 7.15. The highest BCUT2D eigenvalue weighted by atomic mass is 32.2. The van der Waals surface area contributed by atoms with Crippen LogP contribution in [0.25, 0.3) is 0 Å². The molecule has 1 amide bonds. The summed E-state index contributed by atoms with van der Waals surface area (Å²) in [6.45, 7) is 1.92. The van der Waals surface area contributed by atoms with Crippen molar-refractivity contribution in [3.63, 3.8) is 0 Å². The summed E-state index contributed by atoms with van der Waals surface area (Å²) in [5.41, 5.74) is 1.86. The monoisotopic (exact) mass is 295 g/mol. The summed E-state index contributed by atoms with van der Waals surface area (Å²) >= 11 is 1.70. The minimum Gasteiger partial charge on any atom is -0.481 e. The lowest BCUT2D eigenvalue weighted by molar-refractivity contribution is -0.137. The topological polar surface area (TPSA) is 66.4 Å². The lowest BCUT2D eigenvalue weighted by Gasteiger charge is -2.19. The molecule has 0 aliphatic rings. The maximum Gasteiger partial charge on any atom is 0.305 e. The molecule has 0 aliphatic carbocycles. The van der Waals surface area contributed by atoms with Crippen molar-refractivity contribution in [2.45, 2.75) is 32.2 Å². The molecule has 0 heterocycles. The van der Waals surface area contributed by atoms with Gasteiger partial charge in [-0.2, -0.15) is 11.8 Å². The van der Waals surface area contributed by atoms with Crippen LogP contribution < -0.4 is 5.32 Å². The molecule has 1 unspecified atom stereocenters. The van der Waals surface area contributed by atoms with Gasteiger partial charge >= 0.3 is 5.97 Å². The molecule has 110 valence electrons. The van der Waals surface area contributed by atoms with Crippen LogP contribution in [-0.4, -0.2) is 29.0 Å². The molecule has 20 heavy (non-hydrogen) atoms. The van der Waals surface area contributed by atoms with Gasteiger partial charge in [0.2, 0.25) is 5.91 Å². The van der Waals surface area contributed by atoms with E-state index in [4.69, 9.17) is 5.11 Å². The van der Waals surface area contributed by atoms with Crippen LogP contribution in [0.2, 0.25) is 0 Å². The highest BCUT2D eigenvalue weighted by molar-refractivity contribution is 7.98. The first-order chi connectivity index (χ1) is 9.54. The lowest BCUT2D eigenvalue weighted by atomic mass is 9.98. The Labute approximate surface area is 124 Å². The van der Waals surface area contributed by atoms with Gasteiger partial charge in [-0.05, 0) is 36.5 Å². The van der Waals surface area contributed by atoms with Crippen molar-refractivity contribution >= 4 is 23.6 Å². The number of carbonyl (C=O) groups is 2. The fourth-order valence-electron chi connectivity index (χ4n) is 2.03. The number of benzene rings is 1. The van der Waals surface area contributed by atoms with Gasteiger partial charge in [-0.3, -0.25) is 9.59 Å². The van der Waals surface area contributed by atoms with Crippen molar-refractivity contribution in [1.29, 1.82) is 0 Å². The molecule has 2 N–H and O–H groups in total. The van der Waals surface area contributed by atoms with Gasteiger partial charge in [0.05, 0.1) is 12.5 Å². The van der Waals surface area contributed by atoms with Crippen LogP contribution >= 0.6 is 11.8 Å². The molecule has 0 bridgehead atoms. The van der Waals surface area contributed by atoms with E-state index in [-0.39, 0.29) is 12.3 Å². The van der Waals surface area contributed by atoms with Gasteiger partial charge < -0.3 is 10.4 Å². The molecule has 0 fully saturated rings. The number of amides is 1. The highest BCUT2D eigenvalue weighted by Gasteiger charge is 2.19. The van der Waals surface area contributed by atoms with Crippen LogP contribution in [0.1, 0.15) is 36.4 Å². The van der Waals surface area contributed by atoms with Crippen LogP contribution in [-0.2, 0) is 9.59 Å². The normalized spacial score (nSPS) is 11.9. The third-order valence-electron chi connectivity index (χ3n) is 3.03. The third-order valence-corrected chi connectivity index (χ3v) is 3.73. The Balaban J connectivity index is 2.72. The van der Waals surface area contributed by atoms with Crippen molar-refractivity contribution in [3.8, 4) is 0 Å². The number of thioether (sulfide) groups is 1. The molecule has 0 saturated heterocycles. The van der Waals surface area contributed by atoms with Gasteiger partial charge in [0, 0.05) is 6.42 Å². The van der Waals surface area contributed by atoms with Crippen molar-refractivity contribution in [2.75, 3.05) is 12.0 Å². The number of carbonyl (C=O) groups excluding carboxylic acids is 1. The molecule has 1 aromatic carbocycles. The fraction of sp³-hybridized carbons (Fsp3) is 0.467. The Hall–Kier alpha value is -1.49. The minimum absolute atomic E-state index is 0.0893. The van der Waals surface area contributed by atoms with Gasteiger partial charge in [-0.25, -0.2) is 0 Å². The Bertz CT molecular complexity index is 462. The zero-order valence-corrected chi connectivity index (χ0v) is 12.7. The van der Waals surface area contributed by atoms with Crippen LogP contribution in [0.3, 0.4) is 0 Å². The SMILES string of the molecule is CSCCCC(=O)NC(CC(=O)O)c1ccccc1C. The average molecular weight is 295 g/mol. The summed E-state index contributed by atoms with van der Waals surface area (Å²) in [6, 6.07) is 7.08. The van der Waals surface area contributed by atoms with Gasteiger partial charge in [-0.15, -0.1) is 0 Å². The van der Waals surface area contributed by atoms with Gasteiger partial charge in [0.25, 0.3) is 0 Å². The predicted molar refractivity (Wildman–Crippen MR) is 81.9 cm³/mol. The van der Waals surface area contributed by atoms with Crippen molar-refractivity contribution in [2.24, 2.45) is 0 Å². The third kappa shape index (κ3) is 5.65. The van der Waals surface area contributed by atoms with Crippen molar-refractivity contribution in [3.05, 3.63) is 35.4 Å². The van der Waals surface area contributed by atoms with Gasteiger partial charge in [-0.1, -0.05) is 24.3 Å². The summed E-state index contributed by atoms with van der Waals surface area (Å²) in [5.74, 6) is -0.0716. The first kappa shape index (κ1) is 16.6. The summed E-state index contributed by atoms with van der Waals surface area (Å²) in [6.07, 6.45) is 3.14. The number of hydrogen-bond acceptors (Lipinski definition) is 3. The van der Waals surface area contributed by atoms with Crippen LogP contribution in [0, 0.1) is 6.92 Å². The molecule has 0 aromatic heterocycles. The first-order valence-electron chi connectivity index (χ1n) is 6.60. The number of hydrogen-bond donors (Lipinski definition) is 2. The molecule has 5 heteroatoms. The van der Waals surface area contributed by atoms with Crippen LogP contribution in [0.4, 0.5) is 0 Å². The van der Waals surface area contributed by atoms with E-state index in [1.807, 2.05) is 37.4 Å². The van der Waals surface area contributed by atoms with E-state index < -0.39 is 12.0 Å². The Morgan fingerprint density at radius 1 is 1.35 bits per heavy atom. The van der Waals surface area contributed by atoms with E-state index >= 15 is 0 Å². The highest BCUT2D eigenvalue weighted by Crippen LogP contribution is 2.21. The number of aliphatic carboxylic acids is 1. The van der Waals surface area contributed by atoms with E-state index in [0.717, 1.165) is 23.3 Å². The largest absolute Gasteiger partial charge is 0.481 e. The molecule has 0 aliphatic heterocycles. The maximum atomic E-state index is 11.9. The standard InChI is InChI=1S/C15H21NO3S/c1-11-6-3-4-7-12(11)13(10-15(18)19)16-14(17)8-5-9-20-2/h3-4,6-7,13H,5,8-10H2,1-2H3,(H,16,17)(H,18,19). The molecule has 1 atom stereocenters. The van der Waals surface area contributed by atoms with Crippen molar-refractivity contribution < 1.29 is 14.7 Å². The van der Waals surface area contributed by atoms with Gasteiger partial charge in [0.1, 0.15) is 0 Å². The number of aryl methyl sites for hydroxylation is 1. The average Bonchev–Trinajstić information content (AvgIpc) is 2.38. The lowest BCUT2D eigenvalue weighted by Crippen LogP contribution is -2.30. The molecule has 0 radical (unpaired) electrons. The number of rotatable bonds is 8. The molecule has 4 nitrogen and oxygen atoms in total. The molecule has 1 rings (SSSR count). The maximum absolute atomic E-state index is 11.9. The Morgan fingerprint density at radius 2 is 2.05 bits per heavy atom.